The van der Waals surface area contributed by atoms with Crippen LogP contribution in [0.5, 0.6) is 0 Å². The van der Waals surface area contributed by atoms with Crippen molar-refractivity contribution in [1.29, 1.82) is 0 Å². The van der Waals surface area contributed by atoms with Crippen LogP contribution >= 0.6 is 0 Å². The number of aromatic nitrogens is 1. The van der Waals surface area contributed by atoms with Crippen LogP contribution in [-0.4, -0.2) is 23.6 Å². The van der Waals surface area contributed by atoms with Crippen molar-refractivity contribution in [2.75, 3.05) is 13.1 Å². The minimum absolute atomic E-state index is 0.178. The SMILES string of the molecule is NC(=O)CC(c1cn(CC2CCCCC2)c2ccccc12)C1CCNCC1. The lowest BCUT2D eigenvalue weighted by Gasteiger charge is -2.30. The molecule has 0 spiro atoms. The molecule has 2 fully saturated rings. The first-order valence-electron chi connectivity index (χ1n) is 10.8. The Kier molecular flexibility index (Phi) is 5.82. The molecule has 4 rings (SSSR count). The lowest BCUT2D eigenvalue weighted by atomic mass is 9.78. The highest BCUT2D eigenvalue weighted by molar-refractivity contribution is 5.85. The number of piperidine rings is 1. The lowest BCUT2D eigenvalue weighted by molar-refractivity contribution is -0.118. The van der Waals surface area contributed by atoms with Crippen molar-refractivity contribution in [2.45, 2.75) is 63.8 Å². The van der Waals surface area contributed by atoms with Gasteiger partial charge in [0.2, 0.25) is 5.91 Å². The van der Waals surface area contributed by atoms with Gasteiger partial charge in [0, 0.05) is 30.1 Å². The normalized spacial score (nSPS) is 20.7. The quantitative estimate of drug-likeness (QED) is 0.804. The predicted molar refractivity (Wildman–Crippen MR) is 111 cm³/mol. The van der Waals surface area contributed by atoms with E-state index in [1.807, 2.05) is 0 Å². The largest absolute Gasteiger partial charge is 0.370 e. The van der Waals surface area contributed by atoms with Crippen molar-refractivity contribution in [3.05, 3.63) is 36.0 Å². The number of para-hydroxylation sites is 1. The summed E-state index contributed by atoms with van der Waals surface area (Å²) in [6, 6.07) is 8.74. The average molecular weight is 368 g/mol. The molecule has 2 aromatic rings. The smallest absolute Gasteiger partial charge is 0.218 e. The molecule has 4 heteroatoms. The van der Waals surface area contributed by atoms with E-state index < -0.39 is 0 Å². The lowest BCUT2D eigenvalue weighted by Crippen LogP contribution is -2.32. The number of fused-ring (bicyclic) bond motifs is 1. The Bertz CT molecular complexity index is 769. The van der Waals surface area contributed by atoms with Crippen molar-refractivity contribution < 1.29 is 4.79 Å². The highest BCUT2D eigenvalue weighted by Gasteiger charge is 2.29. The van der Waals surface area contributed by atoms with E-state index in [0.29, 0.717) is 12.3 Å². The number of benzene rings is 1. The number of nitrogens with zero attached hydrogens (tertiary/aromatic N) is 1. The van der Waals surface area contributed by atoms with Crippen LogP contribution in [0.15, 0.2) is 30.5 Å². The Morgan fingerprint density at radius 1 is 1.11 bits per heavy atom. The molecule has 1 unspecified atom stereocenters. The Morgan fingerprint density at radius 3 is 2.59 bits per heavy atom. The van der Waals surface area contributed by atoms with E-state index in [9.17, 15) is 4.79 Å². The molecule has 1 saturated carbocycles. The summed E-state index contributed by atoms with van der Waals surface area (Å²) < 4.78 is 2.47. The first-order valence-corrected chi connectivity index (χ1v) is 10.8. The molecular weight excluding hydrogens is 334 g/mol. The average Bonchev–Trinajstić information content (AvgIpc) is 3.06. The number of carbonyl (C=O) groups excluding carboxylic acids is 1. The summed E-state index contributed by atoms with van der Waals surface area (Å²) in [7, 11) is 0. The molecule has 1 aromatic carbocycles. The second kappa shape index (κ2) is 8.47. The topological polar surface area (TPSA) is 60.1 Å². The Labute approximate surface area is 162 Å². The molecule has 2 heterocycles. The van der Waals surface area contributed by atoms with E-state index in [-0.39, 0.29) is 11.8 Å². The fourth-order valence-corrected chi connectivity index (χ4v) is 5.36. The standard InChI is InChI=1S/C23H33N3O/c24-23(27)14-20(18-10-12-25-13-11-18)21-16-26(15-17-6-2-1-3-7-17)22-9-5-4-8-19(21)22/h4-5,8-9,16-18,20,25H,1-3,6-7,10-15H2,(H2,24,27). The summed E-state index contributed by atoms with van der Waals surface area (Å²) in [6.07, 6.45) is 11.9. The monoisotopic (exact) mass is 367 g/mol. The Hall–Kier alpha value is -1.81. The molecule has 1 aliphatic carbocycles. The van der Waals surface area contributed by atoms with Crippen molar-refractivity contribution in [3.63, 3.8) is 0 Å². The molecule has 2 aliphatic rings. The number of carbonyl (C=O) groups is 1. The summed E-state index contributed by atoms with van der Waals surface area (Å²) >= 11 is 0. The number of nitrogens with one attached hydrogen (secondary N) is 1. The summed E-state index contributed by atoms with van der Waals surface area (Å²) in [4.78, 5) is 11.9. The maximum absolute atomic E-state index is 11.9. The maximum Gasteiger partial charge on any atom is 0.218 e. The van der Waals surface area contributed by atoms with Crippen molar-refractivity contribution in [3.8, 4) is 0 Å². The summed E-state index contributed by atoms with van der Waals surface area (Å²) in [6.45, 7) is 3.19. The highest BCUT2D eigenvalue weighted by atomic mass is 16.1. The van der Waals surface area contributed by atoms with Gasteiger partial charge in [-0.25, -0.2) is 0 Å². The Morgan fingerprint density at radius 2 is 1.85 bits per heavy atom. The van der Waals surface area contributed by atoms with Crippen molar-refractivity contribution in [2.24, 2.45) is 17.6 Å². The van der Waals surface area contributed by atoms with Gasteiger partial charge in [-0.15, -0.1) is 0 Å². The number of hydrogen-bond acceptors (Lipinski definition) is 2. The van der Waals surface area contributed by atoms with Gasteiger partial charge in [0.25, 0.3) is 0 Å². The predicted octanol–water partition coefficient (Wildman–Crippen LogP) is 4.18. The summed E-state index contributed by atoms with van der Waals surface area (Å²) in [5, 5.41) is 4.77. The van der Waals surface area contributed by atoms with Crippen LogP contribution in [0, 0.1) is 11.8 Å². The molecular formula is C23H33N3O. The van der Waals surface area contributed by atoms with E-state index in [1.54, 1.807) is 0 Å². The van der Waals surface area contributed by atoms with Gasteiger partial charge in [0.15, 0.2) is 0 Å². The van der Waals surface area contributed by atoms with E-state index in [4.69, 9.17) is 5.73 Å². The van der Waals surface area contributed by atoms with Crippen LogP contribution in [0.25, 0.3) is 10.9 Å². The van der Waals surface area contributed by atoms with Crippen LogP contribution < -0.4 is 11.1 Å². The summed E-state index contributed by atoms with van der Waals surface area (Å²) in [5.41, 5.74) is 8.34. The third-order valence-electron chi connectivity index (χ3n) is 6.77. The number of primary amides is 1. The van der Waals surface area contributed by atoms with Crippen LogP contribution in [0.4, 0.5) is 0 Å². The molecule has 1 atom stereocenters. The van der Waals surface area contributed by atoms with E-state index >= 15 is 0 Å². The van der Waals surface area contributed by atoms with Crippen LogP contribution in [0.2, 0.25) is 0 Å². The minimum Gasteiger partial charge on any atom is -0.370 e. The molecule has 0 bridgehead atoms. The summed E-state index contributed by atoms with van der Waals surface area (Å²) in [5.74, 6) is 1.38. The number of amides is 1. The zero-order valence-electron chi connectivity index (χ0n) is 16.3. The van der Waals surface area contributed by atoms with Gasteiger partial charge in [-0.1, -0.05) is 37.5 Å². The zero-order valence-corrected chi connectivity index (χ0v) is 16.3. The highest BCUT2D eigenvalue weighted by Crippen LogP contribution is 2.39. The van der Waals surface area contributed by atoms with Gasteiger partial charge in [0.1, 0.15) is 0 Å². The maximum atomic E-state index is 11.9. The van der Waals surface area contributed by atoms with Gasteiger partial charge in [0.05, 0.1) is 0 Å². The molecule has 0 radical (unpaired) electrons. The fourth-order valence-electron chi connectivity index (χ4n) is 5.36. The zero-order chi connectivity index (χ0) is 18.6. The van der Waals surface area contributed by atoms with E-state index in [0.717, 1.165) is 38.4 Å². The second-order valence-corrected chi connectivity index (χ2v) is 8.62. The third kappa shape index (κ3) is 4.21. The molecule has 146 valence electrons. The van der Waals surface area contributed by atoms with Gasteiger partial charge < -0.3 is 15.6 Å². The van der Waals surface area contributed by atoms with Gasteiger partial charge in [-0.2, -0.15) is 0 Å². The van der Waals surface area contributed by atoms with E-state index in [2.05, 4.69) is 40.3 Å². The van der Waals surface area contributed by atoms with Gasteiger partial charge in [-0.3, -0.25) is 4.79 Å². The van der Waals surface area contributed by atoms with Gasteiger partial charge in [-0.05, 0) is 68.2 Å². The molecule has 1 amide bonds. The van der Waals surface area contributed by atoms with E-state index in [1.165, 1.54) is 48.6 Å². The molecule has 4 nitrogen and oxygen atoms in total. The molecule has 3 N–H and O–H groups in total. The number of rotatable bonds is 6. The van der Waals surface area contributed by atoms with Gasteiger partial charge >= 0.3 is 0 Å². The molecule has 1 saturated heterocycles. The minimum atomic E-state index is -0.178. The number of hydrogen-bond donors (Lipinski definition) is 2. The molecule has 1 aliphatic heterocycles. The van der Waals surface area contributed by atoms with Crippen LogP contribution in [0.3, 0.4) is 0 Å². The van der Waals surface area contributed by atoms with Crippen molar-refractivity contribution in [1.82, 2.24) is 9.88 Å². The fraction of sp³-hybridized carbons (Fsp3) is 0.609. The third-order valence-corrected chi connectivity index (χ3v) is 6.77. The number of nitrogens with two attached hydrogens (primary N) is 1. The molecule has 27 heavy (non-hydrogen) atoms. The Balaban J connectivity index is 1.68. The van der Waals surface area contributed by atoms with Crippen molar-refractivity contribution >= 4 is 16.8 Å². The first kappa shape index (κ1) is 18.5. The molecule has 1 aromatic heterocycles. The second-order valence-electron chi connectivity index (χ2n) is 8.62. The van der Waals surface area contributed by atoms with Crippen LogP contribution in [-0.2, 0) is 11.3 Å². The van der Waals surface area contributed by atoms with Crippen LogP contribution in [0.1, 0.15) is 62.8 Å². The first-order chi connectivity index (χ1) is 13.2.